The molecule has 0 aliphatic carbocycles. The SMILES string of the molecule is CCNc1ncc2c(n1)N1CCCC1CN(c1cccc(-c3cnco3)c1)C2=O. The fourth-order valence-electron chi connectivity index (χ4n) is 4.14. The molecule has 1 N–H and O–H groups in total. The van der Waals surface area contributed by atoms with Crippen LogP contribution in [0.2, 0.25) is 0 Å². The molecule has 8 heteroatoms. The summed E-state index contributed by atoms with van der Waals surface area (Å²) in [5, 5.41) is 3.15. The highest BCUT2D eigenvalue weighted by molar-refractivity contribution is 6.10. The van der Waals surface area contributed by atoms with Crippen molar-refractivity contribution in [3.8, 4) is 11.3 Å². The normalized spacial score (nSPS) is 18.4. The molecular weight excluding hydrogens is 368 g/mol. The standard InChI is InChI=1S/C21H22N6O2/c1-2-23-21-24-10-17-19(25-21)26-8-4-7-16(26)12-27(20(17)28)15-6-3-5-14(9-15)18-11-22-13-29-18/h3,5-6,9-11,13,16H,2,4,7-8,12H2,1H3,(H,23,24,25). The number of rotatable bonds is 4. The number of aromatic nitrogens is 3. The average molecular weight is 390 g/mol. The third-order valence-corrected chi connectivity index (χ3v) is 5.50. The summed E-state index contributed by atoms with van der Waals surface area (Å²) < 4.78 is 5.43. The van der Waals surface area contributed by atoms with Crippen molar-refractivity contribution >= 4 is 23.4 Å². The molecule has 148 valence electrons. The molecule has 0 radical (unpaired) electrons. The molecular formula is C21H22N6O2. The van der Waals surface area contributed by atoms with Gasteiger partial charge in [-0.05, 0) is 31.9 Å². The highest BCUT2D eigenvalue weighted by Crippen LogP contribution is 2.35. The number of nitrogens with zero attached hydrogens (tertiary/aromatic N) is 5. The van der Waals surface area contributed by atoms with Crippen molar-refractivity contribution in [3.63, 3.8) is 0 Å². The maximum absolute atomic E-state index is 13.5. The van der Waals surface area contributed by atoms with Gasteiger partial charge >= 0.3 is 0 Å². The van der Waals surface area contributed by atoms with Gasteiger partial charge in [0.1, 0.15) is 11.4 Å². The summed E-state index contributed by atoms with van der Waals surface area (Å²) in [6.07, 6.45) is 6.85. The molecule has 2 aromatic heterocycles. The lowest BCUT2D eigenvalue weighted by molar-refractivity contribution is 0.0988. The van der Waals surface area contributed by atoms with Crippen molar-refractivity contribution in [2.24, 2.45) is 0 Å². The fraction of sp³-hybridized carbons (Fsp3) is 0.333. The Morgan fingerprint density at radius 2 is 2.24 bits per heavy atom. The molecule has 0 spiro atoms. The number of oxazole rings is 1. The van der Waals surface area contributed by atoms with E-state index in [0.717, 1.165) is 43.0 Å². The first-order chi connectivity index (χ1) is 14.2. The molecule has 2 aliphatic rings. The van der Waals surface area contributed by atoms with E-state index in [9.17, 15) is 4.79 Å². The van der Waals surface area contributed by atoms with Gasteiger partial charge in [0.05, 0.1) is 6.20 Å². The average Bonchev–Trinajstić information content (AvgIpc) is 3.42. The fourth-order valence-corrected chi connectivity index (χ4v) is 4.14. The summed E-state index contributed by atoms with van der Waals surface area (Å²) in [6, 6.07) is 8.04. The number of amides is 1. The van der Waals surface area contributed by atoms with Gasteiger partial charge in [-0.25, -0.2) is 9.97 Å². The second-order valence-corrected chi connectivity index (χ2v) is 7.28. The van der Waals surface area contributed by atoms with Crippen molar-refractivity contribution in [1.82, 2.24) is 15.0 Å². The Kier molecular flexibility index (Phi) is 4.38. The zero-order chi connectivity index (χ0) is 19.8. The molecule has 1 saturated heterocycles. The van der Waals surface area contributed by atoms with Crippen molar-refractivity contribution in [3.05, 3.63) is 48.6 Å². The van der Waals surface area contributed by atoms with Crippen LogP contribution in [0.1, 0.15) is 30.1 Å². The molecule has 8 nitrogen and oxygen atoms in total. The first-order valence-corrected chi connectivity index (χ1v) is 9.93. The summed E-state index contributed by atoms with van der Waals surface area (Å²) in [5.74, 6) is 1.89. The molecule has 1 fully saturated rings. The van der Waals surface area contributed by atoms with Gasteiger partial charge in [0, 0.05) is 43.1 Å². The predicted molar refractivity (Wildman–Crippen MR) is 110 cm³/mol. The molecule has 5 rings (SSSR count). The first-order valence-electron chi connectivity index (χ1n) is 9.93. The summed E-state index contributed by atoms with van der Waals surface area (Å²) in [6.45, 7) is 4.25. The second kappa shape index (κ2) is 7.20. The van der Waals surface area contributed by atoms with Crippen molar-refractivity contribution in [2.75, 3.05) is 34.8 Å². The van der Waals surface area contributed by atoms with Crippen LogP contribution in [-0.2, 0) is 0 Å². The lowest BCUT2D eigenvalue weighted by atomic mass is 10.1. The Bertz CT molecular complexity index is 1040. The molecule has 1 unspecified atom stereocenters. The highest BCUT2D eigenvalue weighted by atomic mass is 16.3. The number of hydrogen-bond acceptors (Lipinski definition) is 7. The van der Waals surface area contributed by atoms with E-state index in [-0.39, 0.29) is 11.9 Å². The number of carbonyl (C=O) groups excluding carboxylic acids is 1. The van der Waals surface area contributed by atoms with Crippen molar-refractivity contribution in [2.45, 2.75) is 25.8 Å². The van der Waals surface area contributed by atoms with Crippen LogP contribution in [0.5, 0.6) is 0 Å². The molecule has 0 saturated carbocycles. The van der Waals surface area contributed by atoms with E-state index in [2.05, 4.69) is 25.2 Å². The topological polar surface area (TPSA) is 87.4 Å². The quantitative estimate of drug-likeness (QED) is 0.732. The Hall–Kier alpha value is -3.42. The minimum atomic E-state index is -0.0767. The summed E-state index contributed by atoms with van der Waals surface area (Å²) >= 11 is 0. The van der Waals surface area contributed by atoms with Crippen LogP contribution in [0.15, 0.2) is 47.5 Å². The van der Waals surface area contributed by atoms with E-state index in [1.807, 2.05) is 36.1 Å². The Morgan fingerprint density at radius 1 is 1.31 bits per heavy atom. The van der Waals surface area contributed by atoms with Gasteiger partial charge in [0.25, 0.3) is 5.91 Å². The minimum Gasteiger partial charge on any atom is -0.444 e. The van der Waals surface area contributed by atoms with Crippen LogP contribution in [0, 0.1) is 0 Å². The molecule has 0 bridgehead atoms. The monoisotopic (exact) mass is 390 g/mol. The van der Waals surface area contributed by atoms with Gasteiger partial charge in [-0.2, -0.15) is 4.98 Å². The largest absolute Gasteiger partial charge is 0.444 e. The van der Waals surface area contributed by atoms with E-state index in [4.69, 9.17) is 4.42 Å². The molecule has 1 atom stereocenters. The zero-order valence-electron chi connectivity index (χ0n) is 16.2. The van der Waals surface area contributed by atoms with Crippen LogP contribution in [0.3, 0.4) is 0 Å². The zero-order valence-corrected chi connectivity index (χ0v) is 16.2. The van der Waals surface area contributed by atoms with Crippen molar-refractivity contribution in [1.29, 1.82) is 0 Å². The van der Waals surface area contributed by atoms with Crippen molar-refractivity contribution < 1.29 is 9.21 Å². The van der Waals surface area contributed by atoms with Crippen LogP contribution in [0.4, 0.5) is 17.5 Å². The van der Waals surface area contributed by atoms with Gasteiger partial charge in [0.15, 0.2) is 12.2 Å². The number of fused-ring (bicyclic) bond motifs is 3. The third kappa shape index (κ3) is 3.10. The van der Waals surface area contributed by atoms with E-state index in [1.165, 1.54) is 6.39 Å². The van der Waals surface area contributed by atoms with Crippen LogP contribution >= 0.6 is 0 Å². The van der Waals surface area contributed by atoms with E-state index in [0.29, 0.717) is 23.8 Å². The molecule has 3 aromatic rings. The van der Waals surface area contributed by atoms with Crippen LogP contribution < -0.4 is 15.1 Å². The number of carbonyl (C=O) groups is 1. The first kappa shape index (κ1) is 17.7. The van der Waals surface area contributed by atoms with Gasteiger partial charge in [0.2, 0.25) is 5.95 Å². The number of hydrogen-bond donors (Lipinski definition) is 1. The van der Waals surface area contributed by atoms with Crippen LogP contribution in [-0.4, -0.2) is 46.5 Å². The smallest absolute Gasteiger partial charge is 0.263 e. The third-order valence-electron chi connectivity index (χ3n) is 5.50. The van der Waals surface area contributed by atoms with Gasteiger partial charge in [-0.1, -0.05) is 12.1 Å². The van der Waals surface area contributed by atoms with E-state index in [1.54, 1.807) is 12.4 Å². The molecule has 29 heavy (non-hydrogen) atoms. The van der Waals surface area contributed by atoms with Gasteiger partial charge < -0.3 is 19.5 Å². The minimum absolute atomic E-state index is 0.0767. The van der Waals surface area contributed by atoms with Crippen LogP contribution in [0.25, 0.3) is 11.3 Å². The number of nitrogens with one attached hydrogen (secondary N) is 1. The Balaban J connectivity index is 1.57. The Labute approximate surface area is 168 Å². The highest BCUT2D eigenvalue weighted by Gasteiger charge is 2.37. The van der Waals surface area contributed by atoms with E-state index >= 15 is 0 Å². The lowest BCUT2D eigenvalue weighted by Gasteiger charge is -2.27. The Morgan fingerprint density at radius 3 is 3.07 bits per heavy atom. The summed E-state index contributed by atoms with van der Waals surface area (Å²) in [4.78, 5) is 30.6. The molecule has 1 amide bonds. The summed E-state index contributed by atoms with van der Waals surface area (Å²) in [5.41, 5.74) is 2.26. The van der Waals surface area contributed by atoms with Gasteiger partial charge in [-0.3, -0.25) is 4.79 Å². The maximum atomic E-state index is 13.5. The van der Waals surface area contributed by atoms with E-state index < -0.39 is 0 Å². The number of anilines is 3. The maximum Gasteiger partial charge on any atom is 0.263 e. The molecule has 1 aromatic carbocycles. The second-order valence-electron chi connectivity index (χ2n) is 7.28. The predicted octanol–water partition coefficient (Wildman–Crippen LogP) is 3.19. The summed E-state index contributed by atoms with van der Waals surface area (Å²) in [7, 11) is 0. The number of benzene rings is 1. The molecule has 4 heterocycles. The lowest BCUT2D eigenvalue weighted by Crippen LogP contribution is -2.39. The van der Waals surface area contributed by atoms with Gasteiger partial charge in [-0.15, -0.1) is 0 Å². The molecule has 2 aliphatic heterocycles.